The summed E-state index contributed by atoms with van der Waals surface area (Å²) in [6.45, 7) is 2.45. The average Bonchev–Trinajstić information content (AvgIpc) is 2.85. The van der Waals surface area contributed by atoms with E-state index in [1.165, 1.54) is 0 Å². The molecule has 1 aliphatic carbocycles. The summed E-state index contributed by atoms with van der Waals surface area (Å²) in [5, 5.41) is 9.24. The molecule has 5 nitrogen and oxygen atoms in total. The van der Waals surface area contributed by atoms with Gasteiger partial charge in [0.15, 0.2) is 6.19 Å². The first kappa shape index (κ1) is 18.2. The van der Waals surface area contributed by atoms with Crippen LogP contribution in [0.1, 0.15) is 32.6 Å². The van der Waals surface area contributed by atoms with Crippen molar-refractivity contribution in [1.82, 2.24) is 9.21 Å². The van der Waals surface area contributed by atoms with Crippen molar-refractivity contribution in [3.8, 4) is 6.19 Å². The zero-order valence-corrected chi connectivity index (χ0v) is 17.3. The standard InChI is InChI=1S/C16H19Br2N3O2S/c1-11-7-14(9-20(11)10-19)21(13-3-2-4-13)24(22,23)16-8-12(17)5-6-15(16)18/h5-6,8,11,13-14H,2-4,7,9H2,1H3/t11-,14+/m0/s1. The van der Waals surface area contributed by atoms with Crippen LogP contribution in [0.25, 0.3) is 0 Å². The monoisotopic (exact) mass is 475 g/mol. The number of hydrogen-bond donors (Lipinski definition) is 0. The molecule has 0 spiro atoms. The van der Waals surface area contributed by atoms with E-state index in [4.69, 9.17) is 0 Å². The highest BCUT2D eigenvalue weighted by Crippen LogP contribution is 2.38. The second-order valence-electron chi connectivity index (χ2n) is 6.49. The normalized spacial score (nSPS) is 24.9. The number of nitrogens with zero attached hydrogens (tertiary/aromatic N) is 3. The maximum absolute atomic E-state index is 13.4. The van der Waals surface area contributed by atoms with Crippen molar-refractivity contribution in [3.63, 3.8) is 0 Å². The number of sulfonamides is 1. The van der Waals surface area contributed by atoms with Crippen LogP contribution in [0, 0.1) is 11.5 Å². The van der Waals surface area contributed by atoms with Crippen molar-refractivity contribution in [1.29, 1.82) is 5.26 Å². The Labute approximate surface area is 159 Å². The van der Waals surface area contributed by atoms with Gasteiger partial charge >= 0.3 is 0 Å². The molecule has 0 radical (unpaired) electrons. The fourth-order valence-corrected chi connectivity index (χ4v) is 6.79. The average molecular weight is 477 g/mol. The van der Waals surface area contributed by atoms with Crippen molar-refractivity contribution in [2.75, 3.05) is 6.54 Å². The summed E-state index contributed by atoms with van der Waals surface area (Å²) < 4.78 is 29.8. The smallest absolute Gasteiger partial charge is 0.244 e. The fourth-order valence-electron chi connectivity index (χ4n) is 3.45. The first-order valence-corrected chi connectivity index (χ1v) is 11.0. The highest BCUT2D eigenvalue weighted by atomic mass is 79.9. The zero-order valence-electron chi connectivity index (χ0n) is 13.3. The molecular formula is C16H19Br2N3O2S. The number of likely N-dealkylation sites (tertiary alicyclic amines) is 1. The largest absolute Gasteiger partial charge is 0.306 e. The number of rotatable bonds is 4. The predicted molar refractivity (Wildman–Crippen MR) is 98.7 cm³/mol. The minimum Gasteiger partial charge on any atom is -0.306 e. The SMILES string of the molecule is C[C@H]1C[C@@H](N(C2CCC2)S(=O)(=O)c2cc(Br)ccc2Br)CN1C#N. The van der Waals surface area contributed by atoms with E-state index >= 15 is 0 Å². The Morgan fingerprint density at radius 3 is 2.54 bits per heavy atom. The summed E-state index contributed by atoms with van der Waals surface area (Å²) >= 11 is 6.74. The van der Waals surface area contributed by atoms with Gasteiger partial charge in [-0.05, 0) is 60.3 Å². The molecule has 0 N–H and O–H groups in total. The molecule has 1 saturated carbocycles. The molecule has 1 aromatic rings. The summed E-state index contributed by atoms with van der Waals surface area (Å²) in [7, 11) is -3.63. The topological polar surface area (TPSA) is 64.4 Å². The zero-order chi connectivity index (χ0) is 17.5. The van der Waals surface area contributed by atoms with E-state index in [1.54, 1.807) is 21.3 Å². The van der Waals surface area contributed by atoms with Gasteiger partial charge in [-0.1, -0.05) is 22.4 Å². The van der Waals surface area contributed by atoms with E-state index in [0.29, 0.717) is 17.4 Å². The van der Waals surface area contributed by atoms with Gasteiger partial charge in [-0.2, -0.15) is 9.57 Å². The number of benzene rings is 1. The van der Waals surface area contributed by atoms with Crippen molar-refractivity contribution in [3.05, 3.63) is 27.1 Å². The van der Waals surface area contributed by atoms with Gasteiger partial charge in [-0.15, -0.1) is 0 Å². The van der Waals surface area contributed by atoms with Gasteiger partial charge in [0, 0.05) is 33.6 Å². The first-order chi connectivity index (χ1) is 11.3. The molecule has 2 aliphatic rings. The third-order valence-electron chi connectivity index (χ3n) is 4.92. The van der Waals surface area contributed by atoms with Crippen molar-refractivity contribution < 1.29 is 8.42 Å². The van der Waals surface area contributed by atoms with E-state index < -0.39 is 10.0 Å². The summed E-state index contributed by atoms with van der Waals surface area (Å²) in [4.78, 5) is 1.97. The molecular weight excluding hydrogens is 458 g/mol. The molecule has 1 aromatic carbocycles. The van der Waals surface area contributed by atoms with E-state index in [2.05, 4.69) is 38.1 Å². The van der Waals surface area contributed by atoms with Crippen LogP contribution in [0.15, 0.2) is 32.0 Å². The Bertz CT molecular complexity index is 774. The molecule has 1 heterocycles. The Morgan fingerprint density at radius 2 is 2.00 bits per heavy atom. The molecule has 3 rings (SSSR count). The van der Waals surface area contributed by atoms with Crippen molar-refractivity contribution in [2.45, 2.75) is 55.6 Å². The van der Waals surface area contributed by atoms with Gasteiger partial charge in [0.25, 0.3) is 0 Å². The fraction of sp³-hybridized carbons (Fsp3) is 0.562. The third kappa shape index (κ3) is 3.24. The van der Waals surface area contributed by atoms with Gasteiger partial charge in [0.05, 0.1) is 4.90 Å². The quantitative estimate of drug-likeness (QED) is 0.621. The van der Waals surface area contributed by atoms with Crippen LogP contribution in [0.4, 0.5) is 0 Å². The highest BCUT2D eigenvalue weighted by molar-refractivity contribution is 9.11. The van der Waals surface area contributed by atoms with Crippen molar-refractivity contribution in [2.24, 2.45) is 0 Å². The molecule has 2 fully saturated rings. The summed E-state index contributed by atoms with van der Waals surface area (Å²) in [6, 6.07) is 5.16. The molecule has 0 bridgehead atoms. The van der Waals surface area contributed by atoms with Gasteiger partial charge in [0.2, 0.25) is 10.0 Å². The maximum atomic E-state index is 13.4. The number of hydrogen-bond acceptors (Lipinski definition) is 4. The van der Waals surface area contributed by atoms with Crippen LogP contribution in [0.3, 0.4) is 0 Å². The lowest BCUT2D eigenvalue weighted by molar-refractivity contribution is 0.176. The van der Waals surface area contributed by atoms with Crippen LogP contribution < -0.4 is 0 Å². The first-order valence-electron chi connectivity index (χ1n) is 7.99. The highest BCUT2D eigenvalue weighted by Gasteiger charge is 2.44. The second-order valence-corrected chi connectivity index (χ2v) is 10.1. The Morgan fingerprint density at radius 1 is 1.29 bits per heavy atom. The van der Waals surface area contributed by atoms with Crippen LogP contribution in [-0.4, -0.2) is 42.3 Å². The van der Waals surface area contributed by atoms with E-state index in [-0.39, 0.29) is 23.0 Å². The minimum absolute atomic E-state index is 0.0386. The van der Waals surface area contributed by atoms with Crippen LogP contribution in [0.2, 0.25) is 0 Å². The lowest BCUT2D eigenvalue weighted by Crippen LogP contribution is -2.50. The van der Waals surface area contributed by atoms with Crippen LogP contribution >= 0.6 is 31.9 Å². The summed E-state index contributed by atoms with van der Waals surface area (Å²) in [6.07, 6.45) is 5.71. The maximum Gasteiger partial charge on any atom is 0.244 e. The van der Waals surface area contributed by atoms with Crippen molar-refractivity contribution >= 4 is 41.9 Å². The van der Waals surface area contributed by atoms with Crippen LogP contribution in [-0.2, 0) is 10.0 Å². The minimum atomic E-state index is -3.63. The lowest BCUT2D eigenvalue weighted by Gasteiger charge is -2.40. The number of halogens is 2. The van der Waals surface area contributed by atoms with Gasteiger partial charge < -0.3 is 4.90 Å². The Kier molecular flexibility index (Phi) is 5.26. The van der Waals surface area contributed by atoms with Crippen LogP contribution in [0.5, 0.6) is 0 Å². The molecule has 1 saturated heterocycles. The molecule has 1 aliphatic heterocycles. The second kappa shape index (κ2) is 6.94. The molecule has 130 valence electrons. The molecule has 8 heteroatoms. The molecule has 0 aromatic heterocycles. The van der Waals surface area contributed by atoms with Gasteiger partial charge in [0.1, 0.15) is 0 Å². The molecule has 0 unspecified atom stereocenters. The molecule has 0 amide bonds. The van der Waals surface area contributed by atoms with Gasteiger partial charge in [-0.25, -0.2) is 8.42 Å². The Balaban J connectivity index is 2.00. The number of nitriles is 1. The Hall–Kier alpha value is -0.620. The van der Waals surface area contributed by atoms with Gasteiger partial charge in [-0.3, -0.25) is 0 Å². The molecule has 24 heavy (non-hydrogen) atoms. The third-order valence-corrected chi connectivity index (χ3v) is 8.42. The summed E-state index contributed by atoms with van der Waals surface area (Å²) in [5.74, 6) is 0. The lowest BCUT2D eigenvalue weighted by atomic mass is 9.92. The van der Waals surface area contributed by atoms with E-state index in [9.17, 15) is 13.7 Å². The summed E-state index contributed by atoms with van der Waals surface area (Å²) in [5.41, 5.74) is 0. The molecule has 2 atom stereocenters. The van der Waals surface area contributed by atoms with E-state index in [1.807, 2.05) is 13.0 Å². The predicted octanol–water partition coefficient (Wildman–Crippen LogP) is 3.70. The van der Waals surface area contributed by atoms with E-state index in [0.717, 1.165) is 23.7 Å².